The van der Waals surface area contributed by atoms with Gasteiger partial charge in [-0.3, -0.25) is 9.59 Å². The Bertz CT molecular complexity index is 1170. The third-order valence-corrected chi connectivity index (χ3v) is 4.39. The molecule has 3 aromatic rings. The Morgan fingerprint density at radius 2 is 1.67 bits per heavy atom. The molecule has 0 saturated heterocycles. The van der Waals surface area contributed by atoms with Crippen LogP contribution >= 0.6 is 0 Å². The summed E-state index contributed by atoms with van der Waals surface area (Å²) in [6, 6.07) is 14.3. The van der Waals surface area contributed by atoms with Crippen LogP contribution < -0.4 is 25.0 Å². The summed E-state index contributed by atoms with van der Waals surface area (Å²) in [6.45, 7) is 1.63. The van der Waals surface area contributed by atoms with Crippen LogP contribution in [0.2, 0.25) is 0 Å². The Labute approximate surface area is 189 Å². The van der Waals surface area contributed by atoms with E-state index in [1.807, 2.05) is 0 Å². The van der Waals surface area contributed by atoms with Gasteiger partial charge in [-0.05, 0) is 61.5 Å². The van der Waals surface area contributed by atoms with E-state index in [1.165, 1.54) is 32.6 Å². The van der Waals surface area contributed by atoms with Crippen molar-refractivity contribution in [1.29, 1.82) is 0 Å². The van der Waals surface area contributed by atoms with Gasteiger partial charge in [-0.15, -0.1) is 0 Å². The molecule has 2 aromatic carbocycles. The smallest absolute Gasteiger partial charge is 0.379 e. The number of esters is 1. The van der Waals surface area contributed by atoms with Crippen molar-refractivity contribution in [1.82, 2.24) is 5.43 Å². The van der Waals surface area contributed by atoms with Crippen LogP contribution in [0.3, 0.4) is 0 Å². The zero-order chi connectivity index (χ0) is 23.8. The summed E-state index contributed by atoms with van der Waals surface area (Å²) in [5.74, 6) is -1.38. The predicted molar refractivity (Wildman–Crippen MR) is 119 cm³/mol. The minimum atomic E-state index is -0.943. The number of nitrogens with one attached hydrogen (secondary N) is 2. The van der Waals surface area contributed by atoms with E-state index in [2.05, 4.69) is 15.8 Å². The van der Waals surface area contributed by atoms with Crippen molar-refractivity contribution < 1.29 is 33.0 Å². The average molecular weight is 451 g/mol. The van der Waals surface area contributed by atoms with Crippen molar-refractivity contribution in [3.63, 3.8) is 0 Å². The van der Waals surface area contributed by atoms with E-state index in [0.717, 1.165) is 0 Å². The zero-order valence-corrected chi connectivity index (χ0v) is 18.1. The zero-order valence-electron chi connectivity index (χ0n) is 18.1. The van der Waals surface area contributed by atoms with Gasteiger partial charge in [0.2, 0.25) is 5.76 Å². The van der Waals surface area contributed by atoms with Crippen LogP contribution in [-0.2, 0) is 9.59 Å². The van der Waals surface area contributed by atoms with Gasteiger partial charge >= 0.3 is 17.8 Å². The summed E-state index contributed by atoms with van der Waals surface area (Å²) in [6.07, 6.45) is 1.36. The first-order chi connectivity index (χ1) is 15.9. The molecule has 0 spiro atoms. The molecule has 3 rings (SSSR count). The quantitative estimate of drug-likeness (QED) is 0.186. The minimum Gasteiger partial charge on any atom is -0.497 e. The summed E-state index contributed by atoms with van der Waals surface area (Å²) < 4.78 is 20.6. The molecule has 2 N–H and O–H groups in total. The van der Waals surface area contributed by atoms with Gasteiger partial charge in [-0.1, -0.05) is 0 Å². The fourth-order valence-electron chi connectivity index (χ4n) is 2.63. The first kappa shape index (κ1) is 23.1. The maximum atomic E-state index is 12.1. The fourth-order valence-corrected chi connectivity index (χ4v) is 2.63. The average Bonchev–Trinajstić information content (AvgIpc) is 3.38. The van der Waals surface area contributed by atoms with E-state index in [-0.39, 0.29) is 17.3 Å². The van der Waals surface area contributed by atoms with Gasteiger partial charge in [0.15, 0.2) is 11.5 Å². The molecule has 0 atom stereocenters. The number of ether oxygens (including phenoxy) is 3. The van der Waals surface area contributed by atoms with Crippen LogP contribution in [-0.4, -0.2) is 37.7 Å². The maximum Gasteiger partial charge on any atom is 0.379 e. The van der Waals surface area contributed by atoms with Crippen LogP contribution in [0.15, 0.2) is 70.4 Å². The molecule has 0 radical (unpaired) electrons. The number of hydrogen-bond donors (Lipinski definition) is 2. The Morgan fingerprint density at radius 3 is 2.30 bits per heavy atom. The van der Waals surface area contributed by atoms with Gasteiger partial charge in [-0.25, -0.2) is 10.2 Å². The molecular formula is C23H21N3O7. The van der Waals surface area contributed by atoms with Gasteiger partial charge < -0.3 is 23.9 Å². The molecular weight excluding hydrogens is 430 g/mol. The molecule has 1 heterocycles. The second kappa shape index (κ2) is 10.6. The Kier molecular flexibility index (Phi) is 7.43. The molecule has 0 fully saturated rings. The lowest BCUT2D eigenvalue weighted by Crippen LogP contribution is -2.32. The van der Waals surface area contributed by atoms with Crippen LogP contribution in [0, 0.1) is 0 Å². The molecule has 2 amide bonds. The number of hydrogen-bond acceptors (Lipinski definition) is 8. The maximum absolute atomic E-state index is 12.1. The van der Waals surface area contributed by atoms with Gasteiger partial charge in [-0.2, -0.15) is 5.10 Å². The number of hydrazone groups is 1. The van der Waals surface area contributed by atoms with Crippen LogP contribution in [0.25, 0.3) is 0 Å². The van der Waals surface area contributed by atoms with Gasteiger partial charge in [0, 0.05) is 11.3 Å². The Hall–Kier alpha value is -4.60. The summed E-state index contributed by atoms with van der Waals surface area (Å²) >= 11 is 0. The normalized spacial score (nSPS) is 10.8. The number of amides is 2. The van der Waals surface area contributed by atoms with Crippen molar-refractivity contribution >= 4 is 29.2 Å². The van der Waals surface area contributed by atoms with E-state index in [0.29, 0.717) is 22.7 Å². The molecule has 0 aliphatic rings. The highest BCUT2D eigenvalue weighted by Gasteiger charge is 2.16. The standard InChI is InChI=1S/C23H21N3O7/c1-14(25-26-22(28)21(27)24-16-7-9-17(30-2)10-8-16)15-6-11-18(20(13-15)31-3)33-23(29)19-5-4-12-32-19/h4-13H,1-3H3,(H,24,27)(H,26,28)/b25-14+. The lowest BCUT2D eigenvalue weighted by Gasteiger charge is -2.10. The number of rotatable bonds is 7. The summed E-state index contributed by atoms with van der Waals surface area (Å²) in [5, 5.41) is 6.41. The van der Waals surface area contributed by atoms with Crippen molar-refractivity contribution in [2.45, 2.75) is 6.92 Å². The number of carbonyl (C=O) groups is 3. The molecule has 33 heavy (non-hydrogen) atoms. The SMILES string of the molecule is COc1ccc(NC(=O)C(=O)N/N=C(\C)c2ccc(OC(=O)c3ccco3)c(OC)c2)cc1. The second-order valence-corrected chi connectivity index (χ2v) is 6.55. The largest absolute Gasteiger partial charge is 0.497 e. The number of benzene rings is 2. The third kappa shape index (κ3) is 5.97. The number of furan rings is 1. The van der Waals surface area contributed by atoms with Crippen molar-refractivity contribution in [3.8, 4) is 17.2 Å². The van der Waals surface area contributed by atoms with E-state index < -0.39 is 17.8 Å². The Balaban J connectivity index is 1.63. The lowest BCUT2D eigenvalue weighted by molar-refractivity contribution is -0.136. The summed E-state index contributed by atoms with van der Waals surface area (Å²) in [7, 11) is 2.94. The van der Waals surface area contributed by atoms with Gasteiger partial charge in [0.1, 0.15) is 5.75 Å². The number of anilines is 1. The number of nitrogens with zero attached hydrogens (tertiary/aromatic N) is 1. The summed E-state index contributed by atoms with van der Waals surface area (Å²) in [4.78, 5) is 36.2. The molecule has 170 valence electrons. The Morgan fingerprint density at radius 1 is 0.909 bits per heavy atom. The van der Waals surface area contributed by atoms with Crippen LogP contribution in [0.5, 0.6) is 17.2 Å². The van der Waals surface area contributed by atoms with Crippen LogP contribution in [0.1, 0.15) is 23.0 Å². The molecule has 10 heteroatoms. The highest BCUT2D eigenvalue weighted by atomic mass is 16.6. The monoisotopic (exact) mass is 451 g/mol. The third-order valence-electron chi connectivity index (χ3n) is 4.39. The van der Waals surface area contributed by atoms with Crippen molar-refractivity contribution in [2.24, 2.45) is 5.10 Å². The second-order valence-electron chi connectivity index (χ2n) is 6.55. The van der Waals surface area contributed by atoms with E-state index in [1.54, 1.807) is 49.4 Å². The first-order valence-electron chi connectivity index (χ1n) is 9.65. The highest BCUT2D eigenvalue weighted by Crippen LogP contribution is 2.29. The van der Waals surface area contributed by atoms with E-state index in [9.17, 15) is 14.4 Å². The minimum absolute atomic E-state index is 0.0505. The number of methoxy groups -OCH3 is 2. The van der Waals surface area contributed by atoms with E-state index >= 15 is 0 Å². The molecule has 0 aliphatic heterocycles. The topological polar surface area (TPSA) is 128 Å². The predicted octanol–water partition coefficient (Wildman–Crippen LogP) is 2.99. The van der Waals surface area contributed by atoms with Gasteiger partial charge in [0.05, 0.1) is 26.2 Å². The van der Waals surface area contributed by atoms with Crippen molar-refractivity contribution in [2.75, 3.05) is 19.5 Å². The molecule has 1 aromatic heterocycles. The van der Waals surface area contributed by atoms with Crippen molar-refractivity contribution in [3.05, 3.63) is 72.2 Å². The summed E-state index contributed by atoms with van der Waals surface area (Å²) in [5.41, 5.74) is 3.59. The van der Waals surface area contributed by atoms with Crippen LogP contribution in [0.4, 0.5) is 5.69 Å². The molecule has 10 nitrogen and oxygen atoms in total. The lowest BCUT2D eigenvalue weighted by atomic mass is 10.1. The fraction of sp³-hybridized carbons (Fsp3) is 0.130. The molecule has 0 aliphatic carbocycles. The van der Waals surface area contributed by atoms with Gasteiger partial charge in [0.25, 0.3) is 0 Å². The first-order valence-corrected chi connectivity index (χ1v) is 9.65. The molecule has 0 saturated carbocycles. The highest BCUT2D eigenvalue weighted by molar-refractivity contribution is 6.39. The van der Waals surface area contributed by atoms with E-state index in [4.69, 9.17) is 18.6 Å². The number of carbonyl (C=O) groups excluding carboxylic acids is 3. The molecule has 0 unspecified atom stereocenters. The molecule has 0 bridgehead atoms.